The van der Waals surface area contributed by atoms with Gasteiger partial charge in [-0.3, -0.25) is 4.98 Å². The fourth-order valence-corrected chi connectivity index (χ4v) is 1.83. The first-order chi connectivity index (χ1) is 9.22. The lowest BCUT2D eigenvalue weighted by atomic mass is 10.3. The molecule has 2 aromatic heterocycles. The summed E-state index contributed by atoms with van der Waals surface area (Å²) in [5.41, 5.74) is 1.91. The zero-order valence-electron chi connectivity index (χ0n) is 9.64. The lowest BCUT2D eigenvalue weighted by molar-refractivity contribution is 0.628. The first kappa shape index (κ1) is 11.8. The average Bonchev–Trinajstić information content (AvgIpc) is 2.43. The summed E-state index contributed by atoms with van der Waals surface area (Å²) in [5.74, 6) is 0.139. The van der Waals surface area contributed by atoms with E-state index in [4.69, 9.17) is 11.6 Å². The Morgan fingerprint density at radius 2 is 1.89 bits per heavy atom. The summed E-state index contributed by atoms with van der Waals surface area (Å²) in [6.45, 7) is 0. The topological polar surface area (TPSA) is 50.7 Å². The molecule has 94 valence electrons. The number of halogens is 2. The predicted octanol–water partition coefficient (Wildman–Crippen LogP) is 3.56. The summed E-state index contributed by atoms with van der Waals surface area (Å²) in [7, 11) is 0. The van der Waals surface area contributed by atoms with Crippen molar-refractivity contribution in [2.24, 2.45) is 0 Å². The van der Waals surface area contributed by atoms with Crippen molar-refractivity contribution in [1.29, 1.82) is 0 Å². The smallest absolute Gasteiger partial charge is 0.180 e. The van der Waals surface area contributed by atoms with E-state index in [1.165, 1.54) is 12.1 Å². The van der Waals surface area contributed by atoms with E-state index in [1.54, 1.807) is 24.5 Å². The summed E-state index contributed by atoms with van der Waals surface area (Å²) < 4.78 is 13.1. The van der Waals surface area contributed by atoms with Crippen LogP contribution >= 0.6 is 11.6 Å². The van der Waals surface area contributed by atoms with Gasteiger partial charge in [0.15, 0.2) is 5.65 Å². The van der Waals surface area contributed by atoms with Gasteiger partial charge in [0.05, 0.1) is 5.02 Å². The van der Waals surface area contributed by atoms with Crippen LogP contribution < -0.4 is 5.32 Å². The Balaban J connectivity index is 1.94. The number of nitrogens with zero attached hydrogens (tertiary/aromatic N) is 3. The van der Waals surface area contributed by atoms with Gasteiger partial charge in [0.25, 0.3) is 0 Å². The van der Waals surface area contributed by atoms with Gasteiger partial charge in [-0.2, -0.15) is 0 Å². The van der Waals surface area contributed by atoms with E-state index in [1.807, 2.05) is 6.07 Å². The van der Waals surface area contributed by atoms with Crippen LogP contribution in [0, 0.1) is 5.82 Å². The van der Waals surface area contributed by atoms with Gasteiger partial charge in [-0.25, -0.2) is 14.4 Å². The molecule has 0 atom stereocenters. The van der Waals surface area contributed by atoms with Crippen LogP contribution in [0.3, 0.4) is 0 Å². The Morgan fingerprint density at radius 3 is 2.74 bits per heavy atom. The first-order valence-electron chi connectivity index (χ1n) is 5.52. The third-order valence-electron chi connectivity index (χ3n) is 2.52. The molecule has 0 saturated carbocycles. The highest BCUT2D eigenvalue weighted by Gasteiger charge is 2.03. The standard InChI is InChI=1S/C13H8ClFN4/c14-9-7-8(1-2-10(9)15)18-12-4-3-11-13(19-12)17-6-5-16-11/h1-7H,(H,17,18,19). The van der Waals surface area contributed by atoms with Crippen molar-refractivity contribution in [3.8, 4) is 0 Å². The molecule has 0 fully saturated rings. The van der Waals surface area contributed by atoms with Crippen molar-refractivity contribution in [2.45, 2.75) is 0 Å². The zero-order chi connectivity index (χ0) is 13.2. The average molecular weight is 275 g/mol. The van der Waals surface area contributed by atoms with Crippen LogP contribution in [-0.4, -0.2) is 15.0 Å². The molecule has 6 heteroatoms. The van der Waals surface area contributed by atoms with E-state index in [2.05, 4.69) is 20.3 Å². The lowest BCUT2D eigenvalue weighted by Gasteiger charge is -2.06. The van der Waals surface area contributed by atoms with E-state index in [-0.39, 0.29) is 5.02 Å². The van der Waals surface area contributed by atoms with Crippen molar-refractivity contribution < 1.29 is 4.39 Å². The molecule has 0 aliphatic rings. The molecule has 0 saturated heterocycles. The number of aromatic nitrogens is 3. The minimum atomic E-state index is -0.454. The van der Waals surface area contributed by atoms with Gasteiger partial charge in [0.2, 0.25) is 0 Å². The van der Waals surface area contributed by atoms with Gasteiger partial charge < -0.3 is 5.32 Å². The lowest BCUT2D eigenvalue weighted by Crippen LogP contribution is -1.95. The predicted molar refractivity (Wildman–Crippen MR) is 72.0 cm³/mol. The Morgan fingerprint density at radius 1 is 1.05 bits per heavy atom. The Kier molecular flexibility index (Phi) is 2.97. The number of fused-ring (bicyclic) bond motifs is 1. The summed E-state index contributed by atoms with van der Waals surface area (Å²) in [6, 6.07) is 7.96. The molecule has 0 amide bonds. The number of nitrogens with one attached hydrogen (secondary N) is 1. The molecule has 3 aromatic rings. The van der Waals surface area contributed by atoms with Crippen LogP contribution in [0.15, 0.2) is 42.7 Å². The fraction of sp³-hybridized carbons (Fsp3) is 0. The largest absolute Gasteiger partial charge is 0.340 e. The molecule has 1 N–H and O–H groups in total. The monoisotopic (exact) mass is 274 g/mol. The summed E-state index contributed by atoms with van der Waals surface area (Å²) in [5, 5.41) is 3.09. The second-order valence-corrected chi connectivity index (χ2v) is 4.26. The van der Waals surface area contributed by atoms with Crippen molar-refractivity contribution >= 4 is 34.3 Å². The van der Waals surface area contributed by atoms with Gasteiger partial charge in [-0.15, -0.1) is 0 Å². The highest BCUT2D eigenvalue weighted by Crippen LogP contribution is 2.22. The highest BCUT2D eigenvalue weighted by atomic mass is 35.5. The number of anilines is 2. The molecule has 19 heavy (non-hydrogen) atoms. The van der Waals surface area contributed by atoms with Crippen molar-refractivity contribution in [2.75, 3.05) is 5.32 Å². The van der Waals surface area contributed by atoms with Crippen LogP contribution in [0.2, 0.25) is 5.02 Å². The van der Waals surface area contributed by atoms with E-state index in [0.717, 1.165) is 0 Å². The Bertz CT molecular complexity index is 748. The van der Waals surface area contributed by atoms with Gasteiger partial charge in [-0.1, -0.05) is 11.6 Å². The van der Waals surface area contributed by atoms with E-state index in [0.29, 0.717) is 22.7 Å². The van der Waals surface area contributed by atoms with Crippen LogP contribution in [0.5, 0.6) is 0 Å². The van der Waals surface area contributed by atoms with E-state index in [9.17, 15) is 4.39 Å². The maximum Gasteiger partial charge on any atom is 0.180 e. The van der Waals surface area contributed by atoms with Crippen LogP contribution in [0.25, 0.3) is 11.2 Å². The normalized spacial score (nSPS) is 10.6. The molecule has 4 nitrogen and oxygen atoms in total. The van der Waals surface area contributed by atoms with Gasteiger partial charge in [0.1, 0.15) is 17.2 Å². The van der Waals surface area contributed by atoms with Crippen LogP contribution in [0.1, 0.15) is 0 Å². The minimum absolute atomic E-state index is 0.0607. The maximum atomic E-state index is 13.1. The fourth-order valence-electron chi connectivity index (χ4n) is 1.65. The summed E-state index contributed by atoms with van der Waals surface area (Å²) >= 11 is 5.72. The van der Waals surface area contributed by atoms with Crippen molar-refractivity contribution in [3.63, 3.8) is 0 Å². The van der Waals surface area contributed by atoms with E-state index < -0.39 is 5.82 Å². The number of hydrogen-bond donors (Lipinski definition) is 1. The quantitative estimate of drug-likeness (QED) is 0.776. The third kappa shape index (κ3) is 2.46. The first-order valence-corrected chi connectivity index (χ1v) is 5.90. The zero-order valence-corrected chi connectivity index (χ0v) is 10.4. The van der Waals surface area contributed by atoms with E-state index >= 15 is 0 Å². The molecule has 0 aliphatic carbocycles. The molecule has 0 radical (unpaired) electrons. The molecule has 0 bridgehead atoms. The molecule has 0 unspecified atom stereocenters. The van der Waals surface area contributed by atoms with Gasteiger partial charge >= 0.3 is 0 Å². The van der Waals surface area contributed by atoms with Gasteiger partial charge in [0, 0.05) is 18.1 Å². The number of benzene rings is 1. The maximum absolute atomic E-state index is 13.1. The second kappa shape index (κ2) is 4.78. The third-order valence-corrected chi connectivity index (χ3v) is 2.81. The summed E-state index contributed by atoms with van der Waals surface area (Å²) in [6.07, 6.45) is 3.19. The van der Waals surface area contributed by atoms with Crippen LogP contribution in [0.4, 0.5) is 15.9 Å². The molecular weight excluding hydrogens is 267 g/mol. The summed E-state index contributed by atoms with van der Waals surface area (Å²) in [4.78, 5) is 12.5. The Hall–Kier alpha value is -2.27. The molecule has 0 aliphatic heterocycles. The molecule has 1 aromatic carbocycles. The van der Waals surface area contributed by atoms with Gasteiger partial charge in [-0.05, 0) is 30.3 Å². The molecule has 3 rings (SSSR count). The second-order valence-electron chi connectivity index (χ2n) is 3.85. The number of hydrogen-bond acceptors (Lipinski definition) is 4. The molecule has 0 spiro atoms. The highest BCUT2D eigenvalue weighted by molar-refractivity contribution is 6.31. The van der Waals surface area contributed by atoms with Crippen LogP contribution in [-0.2, 0) is 0 Å². The van der Waals surface area contributed by atoms with Crippen molar-refractivity contribution in [3.05, 3.63) is 53.6 Å². The minimum Gasteiger partial charge on any atom is -0.340 e. The Labute approximate surface area is 113 Å². The van der Waals surface area contributed by atoms with Crippen molar-refractivity contribution in [1.82, 2.24) is 15.0 Å². The number of pyridine rings is 1. The number of rotatable bonds is 2. The molecular formula is C13H8ClFN4. The molecule has 2 heterocycles. The SMILES string of the molecule is Fc1ccc(Nc2ccc3nccnc3n2)cc1Cl.